The van der Waals surface area contributed by atoms with Crippen LogP contribution >= 0.6 is 0 Å². The summed E-state index contributed by atoms with van der Waals surface area (Å²) >= 11 is 0. The van der Waals surface area contributed by atoms with E-state index in [0.29, 0.717) is 11.4 Å². The van der Waals surface area contributed by atoms with E-state index in [0.717, 1.165) is 18.2 Å². The molecule has 0 aliphatic carbocycles. The molecule has 0 saturated carbocycles. The van der Waals surface area contributed by atoms with Crippen LogP contribution in [0.15, 0.2) is 53.3 Å². The Morgan fingerprint density at radius 3 is 2.43 bits per heavy atom. The number of rotatable bonds is 3. The van der Waals surface area contributed by atoms with E-state index in [4.69, 9.17) is 0 Å². The highest BCUT2D eigenvalue weighted by Crippen LogP contribution is 2.22. The molecular weight excluding hydrogens is 300 g/mol. The molecule has 0 aliphatic heterocycles. The van der Waals surface area contributed by atoms with Crippen LogP contribution in [0.4, 0.5) is 20.2 Å². The third-order valence-electron chi connectivity index (χ3n) is 3.74. The first kappa shape index (κ1) is 15.0. The molecule has 1 N–H and O–H groups in total. The second-order valence-corrected chi connectivity index (χ2v) is 5.19. The molecule has 3 aromatic rings. The van der Waals surface area contributed by atoms with Crippen molar-refractivity contribution >= 4 is 11.4 Å². The van der Waals surface area contributed by atoms with Crippen LogP contribution in [0.25, 0.3) is 5.69 Å². The molecule has 4 nitrogen and oxygen atoms in total. The first-order chi connectivity index (χ1) is 11.0. The summed E-state index contributed by atoms with van der Waals surface area (Å²) in [5.41, 5.74) is 1.11. The number of nitrogens with zero attached hydrogens (tertiary/aromatic N) is 2. The Bertz CT molecular complexity index is 914. The summed E-state index contributed by atoms with van der Waals surface area (Å²) in [7, 11) is 1.73. The summed E-state index contributed by atoms with van der Waals surface area (Å²) in [4.78, 5) is 12.7. The van der Waals surface area contributed by atoms with Gasteiger partial charge >= 0.3 is 0 Å². The molecule has 0 unspecified atom stereocenters. The van der Waals surface area contributed by atoms with Gasteiger partial charge in [-0.2, -0.15) is 0 Å². The molecule has 0 amide bonds. The Kier molecular flexibility index (Phi) is 3.73. The van der Waals surface area contributed by atoms with Gasteiger partial charge in [-0.3, -0.25) is 9.48 Å². The number of nitrogens with one attached hydrogen (secondary N) is 1. The predicted molar refractivity (Wildman–Crippen MR) is 85.4 cm³/mol. The second kappa shape index (κ2) is 5.72. The first-order valence-corrected chi connectivity index (χ1v) is 7.05. The lowest BCUT2D eigenvalue weighted by molar-refractivity contribution is 0.603. The van der Waals surface area contributed by atoms with Crippen molar-refractivity contribution < 1.29 is 8.78 Å². The van der Waals surface area contributed by atoms with E-state index < -0.39 is 11.6 Å². The van der Waals surface area contributed by atoms with Crippen molar-refractivity contribution in [2.24, 2.45) is 7.05 Å². The number of hydrogen-bond acceptors (Lipinski definition) is 2. The van der Waals surface area contributed by atoms with Gasteiger partial charge in [-0.05, 0) is 31.2 Å². The number of hydrogen-bond donors (Lipinski definition) is 1. The molecule has 0 atom stereocenters. The number of halogens is 2. The zero-order chi connectivity index (χ0) is 16.6. The van der Waals surface area contributed by atoms with Gasteiger partial charge in [-0.15, -0.1) is 0 Å². The Hall–Kier alpha value is -2.89. The van der Waals surface area contributed by atoms with Gasteiger partial charge in [0.15, 0.2) is 0 Å². The molecule has 3 rings (SSSR count). The summed E-state index contributed by atoms with van der Waals surface area (Å²) in [6.07, 6.45) is 0. The van der Waals surface area contributed by atoms with Crippen molar-refractivity contribution in [2.75, 3.05) is 5.32 Å². The SMILES string of the molecule is Cc1c(Nc2cc(F)ccc2F)c(=O)n(-c2ccccc2)n1C. The topological polar surface area (TPSA) is 39.0 Å². The number of aromatic nitrogens is 2. The van der Waals surface area contributed by atoms with Gasteiger partial charge in [-0.25, -0.2) is 13.5 Å². The first-order valence-electron chi connectivity index (χ1n) is 7.05. The molecule has 1 aromatic heterocycles. The number of anilines is 2. The quantitative estimate of drug-likeness (QED) is 0.803. The lowest BCUT2D eigenvalue weighted by Gasteiger charge is -2.07. The fourth-order valence-electron chi connectivity index (χ4n) is 2.44. The zero-order valence-electron chi connectivity index (χ0n) is 12.7. The van der Waals surface area contributed by atoms with Crippen molar-refractivity contribution in [2.45, 2.75) is 6.92 Å². The van der Waals surface area contributed by atoms with Gasteiger partial charge in [0.25, 0.3) is 5.56 Å². The van der Waals surface area contributed by atoms with Crippen LogP contribution in [0, 0.1) is 18.6 Å². The smallest absolute Gasteiger partial charge is 0.295 e. The molecule has 2 aromatic carbocycles. The lowest BCUT2D eigenvalue weighted by atomic mass is 10.2. The lowest BCUT2D eigenvalue weighted by Crippen LogP contribution is -2.20. The van der Waals surface area contributed by atoms with Crippen LogP contribution in [-0.2, 0) is 7.05 Å². The van der Waals surface area contributed by atoms with Gasteiger partial charge in [0.05, 0.1) is 17.1 Å². The molecule has 118 valence electrons. The van der Waals surface area contributed by atoms with Crippen LogP contribution in [0.5, 0.6) is 0 Å². The summed E-state index contributed by atoms with van der Waals surface area (Å²) in [6.45, 7) is 1.74. The van der Waals surface area contributed by atoms with Crippen LogP contribution < -0.4 is 10.9 Å². The van der Waals surface area contributed by atoms with Crippen LogP contribution in [-0.4, -0.2) is 9.36 Å². The summed E-state index contributed by atoms with van der Waals surface area (Å²) < 4.78 is 30.2. The minimum Gasteiger partial charge on any atom is -0.347 e. The maximum Gasteiger partial charge on any atom is 0.295 e. The van der Waals surface area contributed by atoms with Crippen molar-refractivity contribution in [3.8, 4) is 5.69 Å². The van der Waals surface area contributed by atoms with E-state index >= 15 is 0 Å². The molecule has 0 radical (unpaired) electrons. The number of para-hydroxylation sites is 1. The maximum atomic E-state index is 13.8. The fourth-order valence-corrected chi connectivity index (χ4v) is 2.44. The minimum atomic E-state index is -0.625. The standard InChI is InChI=1S/C17H15F2N3O/c1-11-16(20-15-10-12(18)8-9-14(15)19)17(23)22(21(11)2)13-6-4-3-5-7-13/h3-10,20H,1-2H3. The predicted octanol–water partition coefficient (Wildman–Crippen LogP) is 3.51. The van der Waals surface area contributed by atoms with E-state index in [1.807, 2.05) is 18.2 Å². The average Bonchev–Trinajstić information content (AvgIpc) is 2.75. The molecule has 0 bridgehead atoms. The van der Waals surface area contributed by atoms with Crippen molar-refractivity contribution in [3.05, 3.63) is 76.2 Å². The summed E-state index contributed by atoms with van der Waals surface area (Å²) in [5.74, 6) is -1.20. The Labute approximate surface area is 131 Å². The molecule has 0 spiro atoms. The van der Waals surface area contributed by atoms with Crippen LogP contribution in [0.2, 0.25) is 0 Å². The molecule has 0 saturated heterocycles. The van der Waals surface area contributed by atoms with Gasteiger partial charge < -0.3 is 5.32 Å². The van der Waals surface area contributed by atoms with Gasteiger partial charge in [0.1, 0.15) is 17.3 Å². The zero-order valence-corrected chi connectivity index (χ0v) is 12.7. The summed E-state index contributed by atoms with van der Waals surface area (Å²) in [6, 6.07) is 12.2. The van der Waals surface area contributed by atoms with E-state index in [9.17, 15) is 13.6 Å². The maximum absolute atomic E-state index is 13.8. The van der Waals surface area contributed by atoms with Crippen molar-refractivity contribution in [3.63, 3.8) is 0 Å². The number of benzene rings is 2. The largest absolute Gasteiger partial charge is 0.347 e. The highest BCUT2D eigenvalue weighted by atomic mass is 19.1. The minimum absolute atomic E-state index is 0.0731. The normalized spacial score (nSPS) is 10.8. The fraction of sp³-hybridized carbons (Fsp3) is 0.118. The Balaban J connectivity index is 2.12. The Morgan fingerprint density at radius 2 is 1.74 bits per heavy atom. The van der Waals surface area contributed by atoms with Crippen LogP contribution in [0.1, 0.15) is 5.69 Å². The molecule has 1 heterocycles. The van der Waals surface area contributed by atoms with Crippen LogP contribution in [0.3, 0.4) is 0 Å². The second-order valence-electron chi connectivity index (χ2n) is 5.19. The van der Waals surface area contributed by atoms with E-state index in [1.165, 1.54) is 4.68 Å². The molecular formula is C17H15F2N3O. The summed E-state index contributed by atoms with van der Waals surface area (Å²) in [5, 5.41) is 2.71. The molecule has 6 heteroatoms. The van der Waals surface area contributed by atoms with Gasteiger partial charge in [0.2, 0.25) is 0 Å². The molecule has 0 fully saturated rings. The van der Waals surface area contributed by atoms with Gasteiger partial charge in [-0.1, -0.05) is 18.2 Å². The average molecular weight is 315 g/mol. The van der Waals surface area contributed by atoms with E-state index in [2.05, 4.69) is 5.32 Å². The highest BCUT2D eigenvalue weighted by molar-refractivity contribution is 5.62. The van der Waals surface area contributed by atoms with Gasteiger partial charge in [0, 0.05) is 13.1 Å². The molecule has 0 aliphatic rings. The monoisotopic (exact) mass is 315 g/mol. The van der Waals surface area contributed by atoms with Crippen molar-refractivity contribution in [1.29, 1.82) is 0 Å². The molecule has 23 heavy (non-hydrogen) atoms. The third-order valence-corrected chi connectivity index (χ3v) is 3.74. The third kappa shape index (κ3) is 2.63. The highest BCUT2D eigenvalue weighted by Gasteiger charge is 2.17. The van der Waals surface area contributed by atoms with Crippen molar-refractivity contribution in [1.82, 2.24) is 9.36 Å². The van der Waals surface area contributed by atoms with E-state index in [1.54, 1.807) is 30.8 Å². The Morgan fingerprint density at radius 1 is 1.04 bits per heavy atom. The van der Waals surface area contributed by atoms with E-state index in [-0.39, 0.29) is 16.9 Å².